The first-order valence-corrected chi connectivity index (χ1v) is 5.67. The Bertz CT molecular complexity index is 397. The molecule has 0 aromatic heterocycles. The first-order valence-electron chi connectivity index (χ1n) is 5.67. The van der Waals surface area contributed by atoms with Gasteiger partial charge in [-0.2, -0.15) is 5.26 Å². The zero-order valence-electron chi connectivity index (χ0n) is 9.44. The molecule has 3 heteroatoms. The highest BCUT2D eigenvalue weighted by atomic mass is 16.5. The smallest absolute Gasteiger partial charge is 0.0992 e. The van der Waals surface area contributed by atoms with E-state index in [4.69, 9.17) is 10.00 Å². The molecule has 0 radical (unpaired) electrons. The fourth-order valence-electron chi connectivity index (χ4n) is 1.97. The van der Waals surface area contributed by atoms with E-state index in [1.54, 1.807) is 6.07 Å². The van der Waals surface area contributed by atoms with E-state index in [0.29, 0.717) is 17.8 Å². The molecular formula is C13H16N2O. The third-order valence-corrected chi connectivity index (χ3v) is 2.85. The summed E-state index contributed by atoms with van der Waals surface area (Å²) in [4.78, 5) is 0. The molecule has 1 aliphatic heterocycles. The molecule has 1 aromatic carbocycles. The Morgan fingerprint density at radius 2 is 2.38 bits per heavy atom. The van der Waals surface area contributed by atoms with E-state index >= 15 is 0 Å². The van der Waals surface area contributed by atoms with Crippen LogP contribution < -0.4 is 5.32 Å². The first kappa shape index (κ1) is 11.0. The highest BCUT2D eigenvalue weighted by molar-refractivity contribution is 5.49. The Kier molecular flexibility index (Phi) is 3.43. The number of nitrogens with one attached hydrogen (secondary N) is 1. The maximum atomic E-state index is 8.77. The van der Waals surface area contributed by atoms with Gasteiger partial charge in [0.2, 0.25) is 0 Å². The molecule has 0 amide bonds. The second kappa shape index (κ2) is 5.00. The summed E-state index contributed by atoms with van der Waals surface area (Å²) >= 11 is 0. The number of anilines is 1. The van der Waals surface area contributed by atoms with Crippen molar-refractivity contribution in [3.8, 4) is 6.07 Å². The number of hydrogen-bond donors (Lipinski definition) is 1. The van der Waals surface area contributed by atoms with Gasteiger partial charge in [0.1, 0.15) is 0 Å². The lowest BCUT2D eigenvalue weighted by atomic mass is 10.2. The highest BCUT2D eigenvalue weighted by Crippen LogP contribution is 2.19. The molecule has 0 aliphatic carbocycles. The summed E-state index contributed by atoms with van der Waals surface area (Å²) in [5.74, 6) is 0. The van der Waals surface area contributed by atoms with E-state index in [0.717, 1.165) is 25.1 Å². The van der Waals surface area contributed by atoms with Gasteiger partial charge in [0.25, 0.3) is 0 Å². The summed E-state index contributed by atoms with van der Waals surface area (Å²) < 4.78 is 5.71. The van der Waals surface area contributed by atoms with Crippen molar-refractivity contribution in [3.63, 3.8) is 0 Å². The van der Waals surface area contributed by atoms with Gasteiger partial charge >= 0.3 is 0 Å². The normalized spacial score (nSPS) is 24.0. The van der Waals surface area contributed by atoms with Crippen molar-refractivity contribution in [2.75, 3.05) is 11.9 Å². The van der Waals surface area contributed by atoms with Gasteiger partial charge in [-0.25, -0.2) is 0 Å². The molecule has 1 fully saturated rings. The zero-order chi connectivity index (χ0) is 11.4. The predicted octanol–water partition coefficient (Wildman–Crippen LogP) is 2.54. The highest BCUT2D eigenvalue weighted by Gasteiger charge is 2.21. The van der Waals surface area contributed by atoms with E-state index in [-0.39, 0.29) is 0 Å². The molecule has 3 nitrogen and oxygen atoms in total. The van der Waals surface area contributed by atoms with Crippen LogP contribution in [0.4, 0.5) is 5.69 Å². The lowest BCUT2D eigenvalue weighted by Gasteiger charge is -2.13. The first-order chi connectivity index (χ1) is 7.78. The van der Waals surface area contributed by atoms with Crippen molar-refractivity contribution in [3.05, 3.63) is 29.8 Å². The minimum Gasteiger partial charge on any atom is -0.382 e. The molecular weight excluding hydrogens is 200 g/mol. The third-order valence-electron chi connectivity index (χ3n) is 2.85. The van der Waals surface area contributed by atoms with Gasteiger partial charge in [-0.3, -0.25) is 0 Å². The number of rotatable bonds is 3. The average Bonchev–Trinajstić information content (AvgIpc) is 2.73. The molecule has 16 heavy (non-hydrogen) atoms. The van der Waals surface area contributed by atoms with Crippen LogP contribution in [0.5, 0.6) is 0 Å². The van der Waals surface area contributed by atoms with Gasteiger partial charge in [0, 0.05) is 12.2 Å². The van der Waals surface area contributed by atoms with Gasteiger partial charge in [0.15, 0.2) is 0 Å². The van der Waals surface area contributed by atoms with Crippen molar-refractivity contribution in [2.45, 2.75) is 32.0 Å². The van der Waals surface area contributed by atoms with E-state index in [1.807, 2.05) is 18.2 Å². The summed E-state index contributed by atoms with van der Waals surface area (Å²) in [6.07, 6.45) is 2.95. The van der Waals surface area contributed by atoms with Crippen LogP contribution in [-0.2, 0) is 4.74 Å². The Balaban J connectivity index is 1.87. The molecule has 1 aromatic rings. The van der Waals surface area contributed by atoms with Crippen molar-refractivity contribution in [2.24, 2.45) is 0 Å². The maximum absolute atomic E-state index is 8.77. The molecule has 1 aliphatic rings. The van der Waals surface area contributed by atoms with Crippen LogP contribution in [0, 0.1) is 11.3 Å². The molecule has 2 unspecified atom stereocenters. The predicted molar refractivity (Wildman–Crippen MR) is 63.2 cm³/mol. The maximum Gasteiger partial charge on any atom is 0.0992 e. The van der Waals surface area contributed by atoms with Crippen molar-refractivity contribution < 1.29 is 4.74 Å². The van der Waals surface area contributed by atoms with Crippen molar-refractivity contribution in [1.29, 1.82) is 5.26 Å². The topological polar surface area (TPSA) is 45.0 Å². The third kappa shape index (κ3) is 2.74. The second-order valence-electron chi connectivity index (χ2n) is 4.22. The minimum absolute atomic E-state index is 0.306. The second-order valence-corrected chi connectivity index (χ2v) is 4.22. The Hall–Kier alpha value is -1.53. The number of benzene rings is 1. The molecule has 0 bridgehead atoms. The van der Waals surface area contributed by atoms with E-state index in [1.165, 1.54) is 0 Å². The molecule has 1 saturated heterocycles. The number of ether oxygens (including phenoxy) is 1. The molecule has 2 rings (SSSR count). The molecule has 84 valence electrons. The van der Waals surface area contributed by atoms with Crippen molar-refractivity contribution >= 4 is 5.69 Å². The molecule has 2 atom stereocenters. The summed E-state index contributed by atoms with van der Waals surface area (Å²) in [7, 11) is 0. The van der Waals surface area contributed by atoms with Crippen molar-refractivity contribution in [1.82, 2.24) is 0 Å². The Morgan fingerprint density at radius 1 is 1.50 bits per heavy atom. The fraction of sp³-hybridized carbons (Fsp3) is 0.462. The summed E-state index contributed by atoms with van der Waals surface area (Å²) in [6.45, 7) is 2.93. The minimum atomic E-state index is 0.306. The van der Waals surface area contributed by atoms with Gasteiger partial charge in [-0.05, 0) is 38.0 Å². The van der Waals surface area contributed by atoms with Crippen LogP contribution in [0.2, 0.25) is 0 Å². The quantitative estimate of drug-likeness (QED) is 0.844. The molecule has 0 spiro atoms. The average molecular weight is 216 g/mol. The van der Waals surface area contributed by atoms with Gasteiger partial charge < -0.3 is 10.1 Å². The number of nitriles is 1. The SMILES string of the molecule is CC1CCC(CNc2cccc(C#N)c2)O1. The number of nitrogens with zero attached hydrogens (tertiary/aromatic N) is 1. The van der Waals surface area contributed by atoms with Crippen LogP contribution in [0.15, 0.2) is 24.3 Å². The Labute approximate surface area is 96.0 Å². The van der Waals surface area contributed by atoms with E-state index in [9.17, 15) is 0 Å². The molecule has 0 saturated carbocycles. The fourth-order valence-corrected chi connectivity index (χ4v) is 1.97. The van der Waals surface area contributed by atoms with E-state index in [2.05, 4.69) is 18.3 Å². The monoisotopic (exact) mass is 216 g/mol. The lowest BCUT2D eigenvalue weighted by molar-refractivity contribution is 0.0637. The van der Waals surface area contributed by atoms with Gasteiger partial charge in [-0.15, -0.1) is 0 Å². The van der Waals surface area contributed by atoms with Crippen LogP contribution in [0.3, 0.4) is 0 Å². The Morgan fingerprint density at radius 3 is 3.06 bits per heavy atom. The molecule has 1 N–H and O–H groups in total. The lowest BCUT2D eigenvalue weighted by Crippen LogP contribution is -2.19. The standard InChI is InChI=1S/C13H16N2O/c1-10-5-6-13(16-10)9-15-12-4-2-3-11(7-12)8-14/h2-4,7,10,13,15H,5-6,9H2,1H3. The van der Waals surface area contributed by atoms with Crippen LogP contribution in [0.1, 0.15) is 25.3 Å². The molecule has 1 heterocycles. The van der Waals surface area contributed by atoms with E-state index < -0.39 is 0 Å². The van der Waals surface area contributed by atoms with Gasteiger partial charge in [-0.1, -0.05) is 6.07 Å². The van der Waals surface area contributed by atoms with Crippen LogP contribution in [-0.4, -0.2) is 18.8 Å². The number of hydrogen-bond acceptors (Lipinski definition) is 3. The summed E-state index contributed by atoms with van der Waals surface area (Å²) in [5.41, 5.74) is 1.67. The largest absolute Gasteiger partial charge is 0.382 e. The summed E-state index contributed by atoms with van der Waals surface area (Å²) in [6, 6.07) is 9.65. The zero-order valence-corrected chi connectivity index (χ0v) is 9.44. The van der Waals surface area contributed by atoms with Gasteiger partial charge in [0.05, 0.1) is 23.8 Å². The van der Waals surface area contributed by atoms with Crippen LogP contribution >= 0.6 is 0 Å². The summed E-state index contributed by atoms with van der Waals surface area (Å²) in [5, 5.41) is 12.1. The van der Waals surface area contributed by atoms with Crippen LogP contribution in [0.25, 0.3) is 0 Å².